The molecule has 164 valence electrons. The number of nitro benzene ring substituents is 1. The second-order valence-electron chi connectivity index (χ2n) is 8.67. The number of anilines is 1. The maximum Gasteiger partial charge on any atom is 0.269 e. The van der Waals surface area contributed by atoms with Gasteiger partial charge in [-0.25, -0.2) is 4.39 Å². The van der Waals surface area contributed by atoms with E-state index in [1.54, 1.807) is 18.2 Å². The smallest absolute Gasteiger partial charge is 0.269 e. The lowest BCUT2D eigenvalue weighted by molar-refractivity contribution is -0.384. The molecule has 0 aliphatic carbocycles. The van der Waals surface area contributed by atoms with E-state index in [2.05, 4.69) is 15.1 Å². The minimum Gasteiger partial charge on any atom is -0.365 e. The zero-order valence-corrected chi connectivity index (χ0v) is 17.8. The Bertz CT molecular complexity index is 979. The molecule has 2 heterocycles. The first-order valence-electron chi connectivity index (χ1n) is 10.6. The van der Waals surface area contributed by atoms with Crippen LogP contribution >= 0.6 is 0 Å². The summed E-state index contributed by atoms with van der Waals surface area (Å²) in [5.41, 5.74) is 2.91. The number of non-ortho nitro benzene ring substituents is 1. The van der Waals surface area contributed by atoms with Gasteiger partial charge in [0.2, 0.25) is 5.91 Å². The molecule has 2 aromatic rings. The Morgan fingerprint density at radius 2 is 1.97 bits per heavy atom. The van der Waals surface area contributed by atoms with Crippen LogP contribution in [0.2, 0.25) is 0 Å². The quantitative estimate of drug-likeness (QED) is 0.587. The van der Waals surface area contributed by atoms with E-state index in [1.165, 1.54) is 18.2 Å². The van der Waals surface area contributed by atoms with Gasteiger partial charge in [0.05, 0.1) is 16.9 Å². The predicted octanol–water partition coefficient (Wildman–Crippen LogP) is 3.12. The average molecular weight is 426 g/mol. The summed E-state index contributed by atoms with van der Waals surface area (Å²) in [6.45, 7) is 6.77. The molecular formula is C23H27FN4O3. The fourth-order valence-electron chi connectivity index (χ4n) is 4.67. The molecule has 8 heteroatoms. The van der Waals surface area contributed by atoms with Crippen molar-refractivity contribution in [2.24, 2.45) is 5.92 Å². The van der Waals surface area contributed by atoms with Crippen molar-refractivity contribution in [3.63, 3.8) is 0 Å². The Morgan fingerprint density at radius 3 is 2.65 bits per heavy atom. The number of nitro groups is 1. The molecule has 2 aromatic carbocycles. The van der Waals surface area contributed by atoms with Crippen LogP contribution in [0.15, 0.2) is 42.5 Å². The summed E-state index contributed by atoms with van der Waals surface area (Å²) in [6.07, 6.45) is 0.473. The van der Waals surface area contributed by atoms with E-state index < -0.39 is 4.92 Å². The molecular weight excluding hydrogens is 399 g/mol. The van der Waals surface area contributed by atoms with E-state index in [0.29, 0.717) is 19.5 Å². The monoisotopic (exact) mass is 426 g/mol. The summed E-state index contributed by atoms with van der Waals surface area (Å²) in [4.78, 5) is 28.4. The van der Waals surface area contributed by atoms with Gasteiger partial charge in [-0.2, -0.15) is 0 Å². The fraction of sp³-hybridized carbons (Fsp3) is 0.435. The van der Waals surface area contributed by atoms with Crippen LogP contribution < -0.4 is 10.2 Å². The zero-order chi connectivity index (χ0) is 22.1. The van der Waals surface area contributed by atoms with Gasteiger partial charge in [-0.15, -0.1) is 0 Å². The molecule has 0 bridgehead atoms. The number of nitrogens with one attached hydrogen (secondary N) is 1. The van der Waals surface area contributed by atoms with E-state index in [-0.39, 0.29) is 35.4 Å². The van der Waals surface area contributed by atoms with Gasteiger partial charge in [-0.3, -0.25) is 19.8 Å². The number of piperazine rings is 1. The molecule has 1 amide bonds. The summed E-state index contributed by atoms with van der Waals surface area (Å²) >= 11 is 0. The third-order valence-corrected chi connectivity index (χ3v) is 6.08. The number of carbonyl (C=O) groups is 1. The number of carbonyl (C=O) groups excluding carboxylic acids is 1. The van der Waals surface area contributed by atoms with E-state index in [0.717, 1.165) is 29.9 Å². The third kappa shape index (κ3) is 4.54. The van der Waals surface area contributed by atoms with Crippen molar-refractivity contribution < 1.29 is 14.1 Å². The summed E-state index contributed by atoms with van der Waals surface area (Å²) in [5.74, 6) is -0.573. The van der Waals surface area contributed by atoms with Crippen molar-refractivity contribution in [2.75, 3.05) is 24.5 Å². The summed E-state index contributed by atoms with van der Waals surface area (Å²) in [7, 11) is 0. The summed E-state index contributed by atoms with van der Waals surface area (Å²) in [6, 6.07) is 11.5. The first-order valence-corrected chi connectivity index (χ1v) is 10.6. The first-order chi connectivity index (χ1) is 14.8. The number of rotatable bonds is 5. The Balaban J connectivity index is 1.61. The highest BCUT2D eigenvalue weighted by Crippen LogP contribution is 2.38. The Labute approximate surface area is 181 Å². The van der Waals surface area contributed by atoms with Crippen molar-refractivity contribution in [1.82, 2.24) is 10.2 Å². The largest absolute Gasteiger partial charge is 0.365 e. The van der Waals surface area contributed by atoms with Crippen LogP contribution in [0.4, 0.5) is 15.8 Å². The van der Waals surface area contributed by atoms with Crippen LogP contribution in [0, 0.1) is 21.8 Å². The van der Waals surface area contributed by atoms with E-state index in [1.807, 2.05) is 19.9 Å². The number of amides is 1. The molecule has 0 spiro atoms. The lowest BCUT2D eigenvalue weighted by atomic mass is 9.83. The van der Waals surface area contributed by atoms with Crippen LogP contribution in [0.3, 0.4) is 0 Å². The fourth-order valence-corrected chi connectivity index (χ4v) is 4.67. The van der Waals surface area contributed by atoms with Crippen LogP contribution in [0.5, 0.6) is 0 Å². The van der Waals surface area contributed by atoms with Crippen molar-refractivity contribution in [3.8, 4) is 0 Å². The minimum atomic E-state index is -0.393. The lowest BCUT2D eigenvalue weighted by Crippen LogP contribution is -2.61. The highest BCUT2D eigenvalue weighted by Gasteiger charge is 2.42. The van der Waals surface area contributed by atoms with Crippen molar-refractivity contribution in [2.45, 2.75) is 38.9 Å². The summed E-state index contributed by atoms with van der Waals surface area (Å²) in [5, 5.41) is 14.3. The van der Waals surface area contributed by atoms with E-state index >= 15 is 0 Å². The van der Waals surface area contributed by atoms with E-state index in [9.17, 15) is 19.3 Å². The van der Waals surface area contributed by atoms with Crippen LogP contribution in [-0.2, 0) is 17.8 Å². The maximum atomic E-state index is 13.2. The SMILES string of the molecule is CC(C)NC(=O)[C@@H]1Cc2cc([N+](=O)[O-])ccc2N2CCN(Cc3ccc(F)cc3)C[C@H]12. The molecule has 1 fully saturated rings. The van der Waals surface area contributed by atoms with Crippen molar-refractivity contribution >= 4 is 17.3 Å². The van der Waals surface area contributed by atoms with Gasteiger partial charge in [0.1, 0.15) is 5.82 Å². The number of nitrogens with zero attached hydrogens (tertiary/aromatic N) is 3. The molecule has 0 aromatic heterocycles. The normalized spacial score (nSPS) is 20.8. The van der Waals surface area contributed by atoms with Gasteiger partial charge >= 0.3 is 0 Å². The Kier molecular flexibility index (Phi) is 5.91. The highest BCUT2D eigenvalue weighted by molar-refractivity contribution is 5.82. The molecule has 31 heavy (non-hydrogen) atoms. The molecule has 0 radical (unpaired) electrons. The van der Waals surface area contributed by atoms with Gasteiger partial charge in [0, 0.05) is 50.0 Å². The molecule has 7 nitrogen and oxygen atoms in total. The number of hydrogen-bond acceptors (Lipinski definition) is 5. The molecule has 4 rings (SSSR count). The zero-order valence-electron chi connectivity index (χ0n) is 17.8. The molecule has 2 aliphatic rings. The third-order valence-electron chi connectivity index (χ3n) is 6.08. The minimum absolute atomic E-state index is 0.0198. The standard InChI is InChI=1S/C23H27FN4O3/c1-15(2)25-23(29)20-12-17-11-19(28(30)31)7-8-21(17)27-10-9-26(14-22(20)27)13-16-3-5-18(24)6-4-16/h3-8,11,15,20,22H,9-10,12-14H2,1-2H3,(H,25,29)/t20-,22-/m1/s1. The molecule has 1 saturated heterocycles. The molecule has 0 saturated carbocycles. The van der Waals surface area contributed by atoms with Gasteiger partial charge in [-0.05, 0) is 49.6 Å². The van der Waals surface area contributed by atoms with Gasteiger partial charge < -0.3 is 10.2 Å². The topological polar surface area (TPSA) is 78.7 Å². The van der Waals surface area contributed by atoms with Gasteiger partial charge in [0.15, 0.2) is 0 Å². The Morgan fingerprint density at radius 1 is 1.23 bits per heavy atom. The average Bonchev–Trinajstić information content (AvgIpc) is 2.73. The second-order valence-corrected chi connectivity index (χ2v) is 8.67. The molecule has 2 atom stereocenters. The second kappa shape index (κ2) is 8.63. The number of fused-ring (bicyclic) bond motifs is 3. The molecule has 0 unspecified atom stereocenters. The van der Waals surface area contributed by atoms with E-state index in [4.69, 9.17) is 0 Å². The first kappa shape index (κ1) is 21.2. The number of hydrogen-bond donors (Lipinski definition) is 1. The van der Waals surface area contributed by atoms with Crippen molar-refractivity contribution in [3.05, 3.63) is 69.5 Å². The Hall–Kier alpha value is -3.00. The molecule has 2 aliphatic heterocycles. The highest BCUT2D eigenvalue weighted by atomic mass is 19.1. The summed E-state index contributed by atoms with van der Waals surface area (Å²) < 4.78 is 13.2. The lowest BCUT2D eigenvalue weighted by Gasteiger charge is -2.49. The van der Waals surface area contributed by atoms with Crippen LogP contribution in [-0.4, -0.2) is 47.4 Å². The maximum absolute atomic E-state index is 13.2. The van der Waals surface area contributed by atoms with Gasteiger partial charge in [0.25, 0.3) is 5.69 Å². The van der Waals surface area contributed by atoms with Crippen LogP contribution in [0.25, 0.3) is 0 Å². The van der Waals surface area contributed by atoms with Gasteiger partial charge in [-0.1, -0.05) is 12.1 Å². The predicted molar refractivity (Wildman–Crippen MR) is 116 cm³/mol. The molecule has 1 N–H and O–H groups in total. The number of halogens is 1. The number of benzene rings is 2. The van der Waals surface area contributed by atoms with Crippen LogP contribution in [0.1, 0.15) is 25.0 Å². The van der Waals surface area contributed by atoms with Crippen molar-refractivity contribution in [1.29, 1.82) is 0 Å².